The summed E-state index contributed by atoms with van der Waals surface area (Å²) >= 11 is 0. The molecule has 0 saturated carbocycles. The van der Waals surface area contributed by atoms with Gasteiger partial charge >= 0.3 is 0 Å². The van der Waals surface area contributed by atoms with Crippen LogP contribution in [-0.2, 0) is 22.6 Å². The zero-order chi connectivity index (χ0) is 28.3. The molecule has 3 amide bonds. The van der Waals surface area contributed by atoms with E-state index in [4.69, 9.17) is 4.74 Å². The predicted molar refractivity (Wildman–Crippen MR) is 155 cm³/mol. The van der Waals surface area contributed by atoms with E-state index in [9.17, 15) is 14.4 Å². The Morgan fingerprint density at radius 1 is 0.925 bits per heavy atom. The van der Waals surface area contributed by atoms with Crippen molar-refractivity contribution in [3.63, 3.8) is 0 Å². The predicted octanol–water partition coefficient (Wildman–Crippen LogP) is 3.83. The summed E-state index contributed by atoms with van der Waals surface area (Å²) in [6, 6.07) is 20.6. The average molecular weight is 541 g/mol. The maximum atomic E-state index is 13.9. The molecule has 0 saturated heterocycles. The third-order valence-corrected chi connectivity index (χ3v) is 7.57. The van der Waals surface area contributed by atoms with Gasteiger partial charge in [0.2, 0.25) is 11.8 Å². The van der Waals surface area contributed by atoms with Crippen molar-refractivity contribution in [2.75, 3.05) is 25.1 Å². The highest BCUT2D eigenvalue weighted by molar-refractivity contribution is 6.01. The maximum Gasteiger partial charge on any atom is 0.251 e. The van der Waals surface area contributed by atoms with Gasteiger partial charge in [-0.2, -0.15) is 0 Å². The number of amides is 3. The molecule has 0 unspecified atom stereocenters. The minimum atomic E-state index is -0.644. The SMILES string of the molecule is COc1ccc2c(c1)CC[C@H]1NC(=O)CC(C)(C)NCCNC(=O)c3ccccc3-c3ccc(cc3)CN2C1=O. The van der Waals surface area contributed by atoms with E-state index in [0.29, 0.717) is 38.0 Å². The second-order valence-corrected chi connectivity index (χ2v) is 11.1. The highest BCUT2D eigenvalue weighted by Gasteiger charge is 2.33. The molecule has 0 aromatic heterocycles. The lowest BCUT2D eigenvalue weighted by molar-refractivity contribution is -0.128. The van der Waals surface area contributed by atoms with Gasteiger partial charge < -0.3 is 25.6 Å². The highest BCUT2D eigenvalue weighted by Crippen LogP contribution is 2.32. The van der Waals surface area contributed by atoms with Crippen LogP contribution in [0, 0.1) is 0 Å². The highest BCUT2D eigenvalue weighted by atomic mass is 16.5. The summed E-state index contributed by atoms with van der Waals surface area (Å²) in [5.74, 6) is 0.253. The van der Waals surface area contributed by atoms with Gasteiger partial charge in [0, 0.05) is 36.3 Å². The summed E-state index contributed by atoms with van der Waals surface area (Å²) in [6.07, 6.45) is 1.32. The average Bonchev–Trinajstić information content (AvgIpc) is 3.07. The van der Waals surface area contributed by atoms with Gasteiger partial charge in [0.05, 0.1) is 13.7 Å². The van der Waals surface area contributed by atoms with E-state index in [0.717, 1.165) is 33.7 Å². The Kier molecular flexibility index (Phi) is 7.89. The first-order valence-electron chi connectivity index (χ1n) is 13.7. The van der Waals surface area contributed by atoms with Crippen molar-refractivity contribution in [1.82, 2.24) is 16.0 Å². The molecule has 3 heterocycles. The number of nitrogens with zero attached hydrogens (tertiary/aromatic N) is 1. The zero-order valence-electron chi connectivity index (χ0n) is 23.3. The van der Waals surface area contributed by atoms with Crippen molar-refractivity contribution in [2.24, 2.45) is 0 Å². The van der Waals surface area contributed by atoms with Gasteiger partial charge in [-0.05, 0) is 73.2 Å². The summed E-state index contributed by atoms with van der Waals surface area (Å²) < 4.78 is 5.45. The summed E-state index contributed by atoms with van der Waals surface area (Å²) in [4.78, 5) is 41.9. The van der Waals surface area contributed by atoms with Crippen LogP contribution in [0.2, 0.25) is 0 Å². The minimum Gasteiger partial charge on any atom is -0.497 e. The van der Waals surface area contributed by atoms with Crippen LogP contribution >= 0.6 is 0 Å². The molecule has 0 fully saturated rings. The van der Waals surface area contributed by atoms with Crippen molar-refractivity contribution in [3.05, 3.63) is 83.4 Å². The number of fused-ring (bicyclic) bond motifs is 11. The Morgan fingerprint density at radius 2 is 1.68 bits per heavy atom. The Labute approximate surface area is 235 Å². The van der Waals surface area contributed by atoms with Crippen LogP contribution in [0.25, 0.3) is 11.1 Å². The first-order valence-corrected chi connectivity index (χ1v) is 13.7. The maximum absolute atomic E-state index is 13.9. The van der Waals surface area contributed by atoms with Crippen molar-refractivity contribution >= 4 is 23.4 Å². The molecule has 0 aliphatic carbocycles. The van der Waals surface area contributed by atoms with Crippen LogP contribution in [-0.4, -0.2) is 49.5 Å². The lowest BCUT2D eigenvalue weighted by Gasteiger charge is -2.29. The largest absolute Gasteiger partial charge is 0.497 e. The fourth-order valence-corrected chi connectivity index (χ4v) is 5.47. The van der Waals surface area contributed by atoms with Gasteiger partial charge in [-0.3, -0.25) is 14.4 Å². The summed E-state index contributed by atoms with van der Waals surface area (Å²) in [7, 11) is 1.63. The topological polar surface area (TPSA) is 99.8 Å². The summed E-state index contributed by atoms with van der Waals surface area (Å²) in [5.41, 5.74) is 4.60. The monoisotopic (exact) mass is 540 g/mol. The fraction of sp³-hybridized carbons (Fsp3) is 0.344. The van der Waals surface area contributed by atoms with E-state index >= 15 is 0 Å². The lowest BCUT2D eigenvalue weighted by atomic mass is 9.98. The quantitative estimate of drug-likeness (QED) is 0.436. The molecule has 6 rings (SSSR count). The molecule has 0 radical (unpaired) electrons. The van der Waals surface area contributed by atoms with Gasteiger partial charge in [-0.1, -0.05) is 42.5 Å². The Morgan fingerprint density at radius 3 is 2.42 bits per heavy atom. The fourth-order valence-electron chi connectivity index (χ4n) is 5.47. The molecule has 8 nitrogen and oxygen atoms in total. The molecule has 40 heavy (non-hydrogen) atoms. The number of hydrogen-bond donors (Lipinski definition) is 3. The van der Waals surface area contributed by atoms with E-state index < -0.39 is 11.6 Å². The second kappa shape index (κ2) is 11.5. The van der Waals surface area contributed by atoms with Gasteiger partial charge in [0.25, 0.3) is 5.91 Å². The molecular formula is C32H36N4O4. The molecule has 8 heteroatoms. The van der Waals surface area contributed by atoms with Crippen molar-refractivity contribution in [1.29, 1.82) is 0 Å². The van der Waals surface area contributed by atoms with E-state index in [1.807, 2.05) is 80.6 Å². The first kappa shape index (κ1) is 27.4. The number of nitrogens with one attached hydrogen (secondary N) is 3. The zero-order valence-corrected chi connectivity index (χ0v) is 23.3. The van der Waals surface area contributed by atoms with Crippen LogP contribution in [0.3, 0.4) is 0 Å². The van der Waals surface area contributed by atoms with E-state index in [-0.39, 0.29) is 24.1 Å². The second-order valence-electron chi connectivity index (χ2n) is 11.1. The summed E-state index contributed by atoms with van der Waals surface area (Å²) in [5, 5.41) is 9.37. The van der Waals surface area contributed by atoms with Gasteiger partial charge in [-0.25, -0.2) is 0 Å². The summed E-state index contributed by atoms with van der Waals surface area (Å²) in [6.45, 7) is 5.14. The number of hydrogen-bond acceptors (Lipinski definition) is 5. The smallest absolute Gasteiger partial charge is 0.251 e. The van der Waals surface area contributed by atoms with Gasteiger partial charge in [0.15, 0.2) is 0 Å². The van der Waals surface area contributed by atoms with E-state index in [2.05, 4.69) is 16.0 Å². The van der Waals surface area contributed by atoms with Crippen molar-refractivity contribution in [2.45, 2.75) is 51.2 Å². The van der Waals surface area contributed by atoms with E-state index in [1.54, 1.807) is 12.0 Å². The Balaban J connectivity index is 1.54. The molecule has 3 aromatic carbocycles. The molecule has 4 bridgehead atoms. The number of carbonyl (C=O) groups excluding carboxylic acids is 3. The number of rotatable bonds is 1. The number of ether oxygens (including phenoxy) is 1. The molecule has 3 N–H and O–H groups in total. The molecule has 3 aromatic rings. The first-order chi connectivity index (χ1) is 19.2. The van der Waals surface area contributed by atoms with Crippen LogP contribution in [0.4, 0.5) is 5.69 Å². The third kappa shape index (κ3) is 6.02. The standard InChI is InChI=1S/C32H36N4O4/c1-32(2)19-29(37)35-27-14-12-23-18-24(40-3)13-15-28(23)36(31(27)39)20-21-8-10-22(11-9-21)25-6-4-5-7-26(25)30(38)33-16-17-34-32/h4-11,13,15,18,27,34H,12,14,16-17,19-20H2,1-3H3,(H,33,38)(H,35,37)/t27-/m1/s1. The van der Waals surface area contributed by atoms with Crippen LogP contribution in [0.5, 0.6) is 5.75 Å². The van der Waals surface area contributed by atoms with Gasteiger partial charge in [0.1, 0.15) is 11.8 Å². The third-order valence-electron chi connectivity index (χ3n) is 7.57. The number of carbonyl (C=O) groups is 3. The van der Waals surface area contributed by atoms with Crippen LogP contribution < -0.4 is 25.6 Å². The molecular weight excluding hydrogens is 504 g/mol. The number of anilines is 1. The number of methoxy groups -OCH3 is 1. The normalized spacial score (nSPS) is 19.6. The number of aryl methyl sites for hydroxylation is 1. The Bertz CT molecular complexity index is 1420. The minimum absolute atomic E-state index is 0.134. The van der Waals surface area contributed by atoms with Crippen LogP contribution in [0.15, 0.2) is 66.7 Å². The molecule has 0 spiro atoms. The lowest BCUT2D eigenvalue weighted by Crippen LogP contribution is -2.51. The van der Waals surface area contributed by atoms with Crippen molar-refractivity contribution in [3.8, 4) is 16.9 Å². The molecule has 208 valence electrons. The Hall–Kier alpha value is -4.17. The molecule has 3 aliphatic rings. The molecule has 3 aliphatic heterocycles. The van der Waals surface area contributed by atoms with Crippen LogP contribution in [0.1, 0.15) is 48.2 Å². The number of benzene rings is 3. The molecule has 1 atom stereocenters. The van der Waals surface area contributed by atoms with Crippen molar-refractivity contribution < 1.29 is 19.1 Å². The van der Waals surface area contributed by atoms with E-state index in [1.165, 1.54) is 0 Å². The van der Waals surface area contributed by atoms with Gasteiger partial charge in [-0.15, -0.1) is 0 Å².